The van der Waals surface area contributed by atoms with Crippen molar-refractivity contribution in [1.29, 1.82) is 5.26 Å². The van der Waals surface area contributed by atoms with Crippen LogP contribution in [0.2, 0.25) is 0 Å². The zero-order valence-electron chi connectivity index (χ0n) is 6.57. The number of Topliss-reactive ketones (excluding diaryl/α,β-unsaturated/α-hetero) is 1. The van der Waals surface area contributed by atoms with Gasteiger partial charge in [0.2, 0.25) is 0 Å². The minimum Gasteiger partial charge on any atom is -0.472 e. The van der Waals surface area contributed by atoms with E-state index in [2.05, 4.69) is 0 Å². The number of nitrogens with zero attached hydrogens (tertiary/aromatic N) is 1. The topological polar surface area (TPSA) is 54.0 Å². The highest BCUT2D eigenvalue weighted by Crippen LogP contribution is 2.07. The van der Waals surface area contributed by atoms with E-state index in [0.717, 1.165) is 5.56 Å². The maximum absolute atomic E-state index is 10.8. The maximum atomic E-state index is 10.8. The van der Waals surface area contributed by atoms with Crippen LogP contribution in [-0.2, 0) is 4.79 Å². The predicted octanol–water partition coefficient (Wildman–Crippen LogP) is 1.78. The molecule has 1 aromatic rings. The van der Waals surface area contributed by atoms with Gasteiger partial charge in [-0.15, -0.1) is 0 Å². The Morgan fingerprint density at radius 1 is 1.75 bits per heavy atom. The molecule has 0 aromatic carbocycles. The van der Waals surface area contributed by atoms with Crippen molar-refractivity contribution in [2.45, 2.75) is 6.92 Å². The molecule has 0 amide bonds. The number of nitriles is 1. The van der Waals surface area contributed by atoms with Crippen LogP contribution in [0.25, 0.3) is 6.08 Å². The van der Waals surface area contributed by atoms with Crippen LogP contribution in [0.4, 0.5) is 0 Å². The van der Waals surface area contributed by atoms with E-state index in [9.17, 15) is 4.79 Å². The third kappa shape index (κ3) is 1.83. The van der Waals surface area contributed by atoms with E-state index >= 15 is 0 Å². The number of hydrogen-bond acceptors (Lipinski definition) is 3. The number of carbonyl (C=O) groups excluding carboxylic acids is 1. The van der Waals surface area contributed by atoms with E-state index in [1.165, 1.54) is 25.5 Å². The van der Waals surface area contributed by atoms with Gasteiger partial charge in [0.15, 0.2) is 5.78 Å². The Morgan fingerprint density at radius 2 is 2.50 bits per heavy atom. The van der Waals surface area contributed by atoms with Crippen LogP contribution in [0.15, 0.2) is 28.6 Å². The summed E-state index contributed by atoms with van der Waals surface area (Å²) in [5.74, 6) is -0.237. The lowest BCUT2D eigenvalue weighted by atomic mass is 10.1. The Kier molecular flexibility index (Phi) is 2.44. The van der Waals surface area contributed by atoms with Crippen LogP contribution >= 0.6 is 0 Å². The van der Waals surface area contributed by atoms with Gasteiger partial charge in [0.05, 0.1) is 18.1 Å². The van der Waals surface area contributed by atoms with Crippen molar-refractivity contribution in [3.8, 4) is 6.07 Å². The summed E-state index contributed by atoms with van der Waals surface area (Å²) in [4.78, 5) is 10.8. The molecule has 0 unspecified atom stereocenters. The third-order valence-electron chi connectivity index (χ3n) is 1.35. The maximum Gasteiger partial charge on any atom is 0.170 e. The van der Waals surface area contributed by atoms with Gasteiger partial charge in [0.1, 0.15) is 6.07 Å². The second kappa shape index (κ2) is 3.54. The molecule has 0 fully saturated rings. The molecule has 0 spiro atoms. The molecule has 0 aliphatic carbocycles. The van der Waals surface area contributed by atoms with Crippen molar-refractivity contribution in [2.24, 2.45) is 0 Å². The summed E-state index contributed by atoms with van der Waals surface area (Å²) in [6.07, 6.45) is 4.45. The van der Waals surface area contributed by atoms with Crippen molar-refractivity contribution in [3.05, 3.63) is 29.7 Å². The van der Waals surface area contributed by atoms with Crippen LogP contribution in [0.1, 0.15) is 12.5 Å². The highest BCUT2D eigenvalue weighted by atomic mass is 16.3. The van der Waals surface area contributed by atoms with Gasteiger partial charge < -0.3 is 4.42 Å². The quantitative estimate of drug-likeness (QED) is 0.490. The third-order valence-corrected chi connectivity index (χ3v) is 1.35. The molecule has 3 nitrogen and oxygen atoms in total. The van der Waals surface area contributed by atoms with Crippen LogP contribution in [0.5, 0.6) is 0 Å². The molecule has 1 aromatic heterocycles. The van der Waals surface area contributed by atoms with E-state index in [4.69, 9.17) is 9.68 Å². The van der Waals surface area contributed by atoms with Gasteiger partial charge in [-0.05, 0) is 19.1 Å². The average Bonchev–Trinajstić information content (AvgIpc) is 2.51. The van der Waals surface area contributed by atoms with E-state index in [0.29, 0.717) is 0 Å². The summed E-state index contributed by atoms with van der Waals surface area (Å²) < 4.78 is 4.77. The van der Waals surface area contributed by atoms with E-state index in [-0.39, 0.29) is 11.4 Å². The van der Waals surface area contributed by atoms with Gasteiger partial charge in [0, 0.05) is 5.56 Å². The van der Waals surface area contributed by atoms with Gasteiger partial charge in [0.25, 0.3) is 0 Å². The number of hydrogen-bond donors (Lipinski definition) is 0. The highest BCUT2D eigenvalue weighted by Gasteiger charge is 2.01. The van der Waals surface area contributed by atoms with Crippen LogP contribution in [0, 0.1) is 11.3 Å². The van der Waals surface area contributed by atoms with Crippen molar-refractivity contribution in [2.75, 3.05) is 0 Å². The summed E-state index contributed by atoms with van der Waals surface area (Å²) in [5.41, 5.74) is 0.859. The Bertz CT molecular complexity index is 341. The lowest BCUT2D eigenvalue weighted by Crippen LogP contribution is -1.92. The van der Waals surface area contributed by atoms with Gasteiger partial charge in [-0.3, -0.25) is 4.79 Å². The molecule has 0 saturated carbocycles. The summed E-state index contributed by atoms with van der Waals surface area (Å²) >= 11 is 0. The Morgan fingerprint density at radius 3 is 2.92 bits per heavy atom. The van der Waals surface area contributed by atoms with Crippen molar-refractivity contribution < 1.29 is 9.21 Å². The molecule has 0 radical (unpaired) electrons. The second-order valence-electron chi connectivity index (χ2n) is 2.28. The molecule has 1 rings (SSSR count). The molecule has 0 aliphatic heterocycles. The van der Waals surface area contributed by atoms with Gasteiger partial charge >= 0.3 is 0 Å². The molecular formula is C9H7NO2. The van der Waals surface area contributed by atoms with Crippen LogP contribution in [0.3, 0.4) is 0 Å². The molecule has 0 N–H and O–H groups in total. The fourth-order valence-corrected chi connectivity index (χ4v) is 0.736. The normalized spacial score (nSPS) is 10.8. The van der Waals surface area contributed by atoms with Gasteiger partial charge in [-0.25, -0.2) is 0 Å². The molecule has 0 atom stereocenters. The molecule has 3 heteroatoms. The van der Waals surface area contributed by atoms with Crippen LogP contribution < -0.4 is 0 Å². The Hall–Kier alpha value is -1.82. The molecule has 60 valence electrons. The summed E-state index contributed by atoms with van der Waals surface area (Å²) in [7, 11) is 0. The predicted molar refractivity (Wildman–Crippen MR) is 43.0 cm³/mol. The van der Waals surface area contributed by atoms with E-state index in [1.807, 2.05) is 6.07 Å². The molecule has 12 heavy (non-hydrogen) atoms. The van der Waals surface area contributed by atoms with E-state index in [1.54, 1.807) is 6.07 Å². The first kappa shape index (κ1) is 8.28. The first-order valence-electron chi connectivity index (χ1n) is 3.39. The number of ketones is 1. The first-order valence-corrected chi connectivity index (χ1v) is 3.39. The van der Waals surface area contributed by atoms with Gasteiger partial charge in [-0.2, -0.15) is 5.26 Å². The molecule has 0 bridgehead atoms. The fraction of sp³-hybridized carbons (Fsp3) is 0.111. The second-order valence-corrected chi connectivity index (χ2v) is 2.28. The number of allylic oxidation sites excluding steroid dienone is 1. The van der Waals surface area contributed by atoms with Gasteiger partial charge in [-0.1, -0.05) is 0 Å². The van der Waals surface area contributed by atoms with Crippen molar-refractivity contribution >= 4 is 11.9 Å². The number of rotatable bonds is 2. The number of furan rings is 1. The van der Waals surface area contributed by atoms with Crippen LogP contribution in [-0.4, -0.2) is 5.78 Å². The smallest absolute Gasteiger partial charge is 0.170 e. The summed E-state index contributed by atoms with van der Waals surface area (Å²) in [6, 6.07) is 3.49. The molecular weight excluding hydrogens is 154 g/mol. The van der Waals surface area contributed by atoms with Crippen molar-refractivity contribution in [3.63, 3.8) is 0 Å². The molecule has 1 heterocycles. The largest absolute Gasteiger partial charge is 0.472 e. The minimum atomic E-state index is -0.237. The van der Waals surface area contributed by atoms with E-state index < -0.39 is 0 Å². The zero-order chi connectivity index (χ0) is 8.97. The Balaban J connectivity index is 2.95. The summed E-state index contributed by atoms with van der Waals surface area (Å²) in [6.45, 7) is 1.36. The fourth-order valence-electron chi connectivity index (χ4n) is 0.736. The molecule has 0 aliphatic rings. The summed E-state index contributed by atoms with van der Waals surface area (Å²) in [5, 5.41) is 8.53. The lowest BCUT2D eigenvalue weighted by molar-refractivity contribution is -0.113. The lowest BCUT2D eigenvalue weighted by Gasteiger charge is -1.87. The van der Waals surface area contributed by atoms with Crippen molar-refractivity contribution in [1.82, 2.24) is 0 Å². The standard InChI is InChI=1S/C9H7NO2/c1-7(11)9(5-10)4-8-2-3-12-6-8/h2-4,6H,1H3. The number of carbonyl (C=O) groups is 1. The average molecular weight is 161 g/mol. The zero-order valence-corrected chi connectivity index (χ0v) is 6.57. The first-order chi connectivity index (χ1) is 5.74. The molecule has 0 saturated heterocycles. The monoisotopic (exact) mass is 161 g/mol. The minimum absolute atomic E-state index is 0.136. The Labute approximate surface area is 69.9 Å². The highest BCUT2D eigenvalue weighted by molar-refractivity contribution is 6.01. The SMILES string of the molecule is CC(=O)C(C#N)=Cc1ccoc1.